The van der Waals surface area contributed by atoms with Crippen LogP contribution in [0.4, 0.5) is 5.69 Å². The quantitative estimate of drug-likeness (QED) is 0.603. The number of benzene rings is 3. The van der Waals surface area contributed by atoms with Crippen LogP contribution in [0, 0.1) is 0 Å². The number of hydrogen-bond donors (Lipinski definition) is 1. The molecule has 150 valence electrons. The number of likely N-dealkylation sites (N-methyl/N-ethyl adjacent to an activating group) is 1. The van der Waals surface area contributed by atoms with Crippen molar-refractivity contribution in [1.82, 2.24) is 4.90 Å². The average Bonchev–Trinajstić information content (AvgIpc) is 2.73. The highest BCUT2D eigenvalue weighted by Gasteiger charge is 2.18. The number of nitrogens with one attached hydrogen (secondary N) is 1. The van der Waals surface area contributed by atoms with Crippen LogP contribution in [0.1, 0.15) is 29.8 Å². The predicted octanol–water partition coefficient (Wildman–Crippen LogP) is 4.51. The Kier molecular flexibility index (Phi) is 6.29. The molecule has 3 aromatic rings. The van der Waals surface area contributed by atoms with E-state index in [9.17, 15) is 9.59 Å². The number of carbonyl (C=O) groups is 2. The Morgan fingerprint density at radius 3 is 2.31 bits per heavy atom. The number of rotatable bonds is 7. The Bertz CT molecular complexity index is 1030. The summed E-state index contributed by atoms with van der Waals surface area (Å²) in [4.78, 5) is 26.0. The number of hydrogen-bond acceptors (Lipinski definition) is 4. The molecule has 1 atom stereocenters. The molecule has 5 nitrogen and oxygen atoms in total. The fraction of sp³-hybridized carbons (Fsp3) is 0.250. The van der Waals surface area contributed by atoms with E-state index in [2.05, 4.69) is 23.5 Å². The maximum Gasteiger partial charge on any atom is 0.241 e. The normalized spacial score (nSPS) is 12.0. The van der Waals surface area contributed by atoms with Crippen LogP contribution in [0.3, 0.4) is 0 Å². The van der Waals surface area contributed by atoms with Gasteiger partial charge in [-0.3, -0.25) is 14.5 Å². The molecule has 0 fully saturated rings. The maximum atomic E-state index is 12.6. The van der Waals surface area contributed by atoms with Gasteiger partial charge in [-0.25, -0.2) is 0 Å². The van der Waals surface area contributed by atoms with Crippen LogP contribution >= 0.6 is 0 Å². The monoisotopic (exact) mass is 390 g/mol. The Balaban J connectivity index is 1.64. The molecule has 0 saturated heterocycles. The summed E-state index contributed by atoms with van der Waals surface area (Å²) < 4.78 is 5.27. The highest BCUT2D eigenvalue weighted by atomic mass is 16.5. The van der Waals surface area contributed by atoms with Crippen LogP contribution < -0.4 is 10.1 Å². The molecule has 0 saturated carbocycles. The molecule has 1 N–H and O–H groups in total. The van der Waals surface area contributed by atoms with Gasteiger partial charge < -0.3 is 10.1 Å². The summed E-state index contributed by atoms with van der Waals surface area (Å²) in [6, 6.07) is 18.9. The Morgan fingerprint density at radius 2 is 1.66 bits per heavy atom. The molecule has 0 bridgehead atoms. The van der Waals surface area contributed by atoms with Crippen molar-refractivity contribution >= 4 is 28.2 Å². The van der Waals surface area contributed by atoms with Gasteiger partial charge in [0, 0.05) is 17.8 Å². The molecular formula is C24H26N2O3. The third-order valence-corrected chi connectivity index (χ3v) is 5.14. The van der Waals surface area contributed by atoms with Crippen molar-refractivity contribution < 1.29 is 14.3 Å². The summed E-state index contributed by atoms with van der Waals surface area (Å²) in [5.74, 6) is 0.752. The van der Waals surface area contributed by atoms with Crippen molar-refractivity contribution in [1.29, 1.82) is 0 Å². The number of carbonyl (C=O) groups excluding carboxylic acids is 2. The summed E-state index contributed by atoms with van der Waals surface area (Å²) in [6.45, 7) is 4.05. The number of amides is 1. The van der Waals surface area contributed by atoms with Gasteiger partial charge in [0.25, 0.3) is 0 Å². The van der Waals surface area contributed by atoms with Crippen LogP contribution in [0.15, 0.2) is 60.7 Å². The molecule has 3 aromatic carbocycles. The van der Waals surface area contributed by atoms with E-state index in [1.54, 1.807) is 31.4 Å². The number of anilines is 1. The molecule has 1 amide bonds. The van der Waals surface area contributed by atoms with Crippen LogP contribution in [0.5, 0.6) is 5.75 Å². The lowest BCUT2D eigenvalue weighted by atomic mass is 10.1. The highest BCUT2D eigenvalue weighted by molar-refractivity contribution is 5.97. The molecule has 0 heterocycles. The van der Waals surface area contributed by atoms with Gasteiger partial charge in [-0.05, 0) is 79.7 Å². The van der Waals surface area contributed by atoms with Crippen molar-refractivity contribution in [2.75, 3.05) is 19.5 Å². The third-order valence-electron chi connectivity index (χ3n) is 5.14. The molecule has 0 aliphatic heterocycles. The minimum atomic E-state index is -0.311. The molecule has 3 rings (SSSR count). The van der Waals surface area contributed by atoms with Crippen molar-refractivity contribution in [2.24, 2.45) is 0 Å². The second-order valence-electron chi connectivity index (χ2n) is 7.26. The zero-order chi connectivity index (χ0) is 21.0. The zero-order valence-corrected chi connectivity index (χ0v) is 17.2. The van der Waals surface area contributed by atoms with Crippen LogP contribution in [-0.4, -0.2) is 36.8 Å². The number of methoxy groups -OCH3 is 1. The number of nitrogens with zero attached hydrogens (tertiary/aromatic N) is 1. The number of ether oxygens (including phenoxy) is 1. The molecule has 29 heavy (non-hydrogen) atoms. The first-order chi connectivity index (χ1) is 13.9. The smallest absolute Gasteiger partial charge is 0.241 e. The van der Waals surface area contributed by atoms with Gasteiger partial charge in [0.15, 0.2) is 5.78 Å². The van der Waals surface area contributed by atoms with Gasteiger partial charge in [0.05, 0.1) is 13.2 Å². The second kappa shape index (κ2) is 8.88. The summed E-state index contributed by atoms with van der Waals surface area (Å²) in [5.41, 5.74) is 2.44. The van der Waals surface area contributed by atoms with Crippen molar-refractivity contribution in [3.05, 3.63) is 71.8 Å². The molecule has 5 heteroatoms. The van der Waals surface area contributed by atoms with Crippen LogP contribution in [-0.2, 0) is 11.3 Å². The fourth-order valence-corrected chi connectivity index (χ4v) is 3.16. The van der Waals surface area contributed by atoms with Crippen molar-refractivity contribution in [3.63, 3.8) is 0 Å². The number of fused-ring (bicyclic) bond motifs is 1. The number of Topliss-reactive ketones (excluding diaryl/α,β-unsaturated/α-hetero) is 1. The molecule has 0 aliphatic carbocycles. The van der Waals surface area contributed by atoms with Crippen molar-refractivity contribution in [2.45, 2.75) is 26.4 Å². The van der Waals surface area contributed by atoms with Gasteiger partial charge in [-0.1, -0.05) is 18.2 Å². The minimum Gasteiger partial charge on any atom is -0.497 e. The molecule has 0 radical (unpaired) electrons. The van der Waals surface area contributed by atoms with E-state index in [1.807, 2.05) is 37.1 Å². The molecule has 0 aromatic heterocycles. The first-order valence-electron chi connectivity index (χ1n) is 9.56. The molecule has 0 aliphatic rings. The van der Waals surface area contributed by atoms with E-state index >= 15 is 0 Å². The largest absolute Gasteiger partial charge is 0.497 e. The maximum absolute atomic E-state index is 12.6. The predicted molar refractivity (Wildman–Crippen MR) is 117 cm³/mol. The topological polar surface area (TPSA) is 58.6 Å². The SMILES string of the molecule is COc1ccc2cc(CN(C)[C@H](C)C(=O)Nc3ccc(C(C)=O)cc3)ccc2c1. The Morgan fingerprint density at radius 1 is 1.00 bits per heavy atom. The second-order valence-corrected chi connectivity index (χ2v) is 7.26. The lowest BCUT2D eigenvalue weighted by Gasteiger charge is -2.24. The van der Waals surface area contributed by atoms with E-state index in [1.165, 1.54) is 6.92 Å². The van der Waals surface area contributed by atoms with Gasteiger partial charge in [-0.2, -0.15) is 0 Å². The van der Waals surface area contributed by atoms with Crippen molar-refractivity contribution in [3.8, 4) is 5.75 Å². The van der Waals surface area contributed by atoms with Gasteiger partial charge in [0.2, 0.25) is 5.91 Å². The Labute approximate surface area is 171 Å². The van der Waals surface area contributed by atoms with Gasteiger partial charge in [0.1, 0.15) is 5.75 Å². The van der Waals surface area contributed by atoms with Crippen LogP contribution in [0.2, 0.25) is 0 Å². The molecule has 0 unspecified atom stereocenters. The Hall–Kier alpha value is -3.18. The fourth-order valence-electron chi connectivity index (χ4n) is 3.16. The van der Waals surface area contributed by atoms with Gasteiger partial charge >= 0.3 is 0 Å². The van der Waals surface area contributed by atoms with E-state index in [-0.39, 0.29) is 17.7 Å². The van der Waals surface area contributed by atoms with E-state index in [0.717, 1.165) is 22.1 Å². The van der Waals surface area contributed by atoms with Gasteiger partial charge in [-0.15, -0.1) is 0 Å². The highest BCUT2D eigenvalue weighted by Crippen LogP contribution is 2.22. The lowest BCUT2D eigenvalue weighted by molar-refractivity contribution is -0.120. The zero-order valence-electron chi connectivity index (χ0n) is 17.2. The number of ketones is 1. The summed E-state index contributed by atoms with van der Waals surface area (Å²) in [5, 5.41) is 5.17. The van der Waals surface area contributed by atoms with E-state index in [4.69, 9.17) is 4.74 Å². The van der Waals surface area contributed by atoms with Crippen LogP contribution in [0.25, 0.3) is 10.8 Å². The first-order valence-corrected chi connectivity index (χ1v) is 9.56. The first kappa shape index (κ1) is 20.6. The average molecular weight is 390 g/mol. The standard InChI is InChI=1S/C24H26N2O3/c1-16(24(28)25-22-10-7-19(8-11-22)17(2)27)26(3)15-18-5-6-21-14-23(29-4)12-9-20(21)13-18/h5-14,16H,15H2,1-4H3,(H,25,28)/t16-/m1/s1. The summed E-state index contributed by atoms with van der Waals surface area (Å²) in [7, 11) is 3.59. The summed E-state index contributed by atoms with van der Waals surface area (Å²) >= 11 is 0. The molecule has 0 spiro atoms. The lowest BCUT2D eigenvalue weighted by Crippen LogP contribution is -2.39. The third kappa shape index (κ3) is 5.00. The summed E-state index contributed by atoms with van der Waals surface area (Å²) in [6.07, 6.45) is 0. The molecular weight excluding hydrogens is 364 g/mol. The minimum absolute atomic E-state index is 0.00445. The van der Waals surface area contributed by atoms with E-state index in [0.29, 0.717) is 17.8 Å². The van der Waals surface area contributed by atoms with E-state index < -0.39 is 0 Å².